The van der Waals surface area contributed by atoms with Crippen LogP contribution in [-0.4, -0.2) is 112 Å². The molecule has 0 aliphatic heterocycles. The maximum atomic E-state index is 11.5. The fraction of sp³-hybridized carbons (Fsp3) is 0.152. The van der Waals surface area contributed by atoms with Crippen molar-refractivity contribution in [2.24, 2.45) is 10.2 Å². The number of hydrogen-bond donors (Lipinski definition) is 12. The minimum atomic E-state index is -4.60. The number of nitrogens with zero attached hydrogens (tertiary/aromatic N) is 5. The summed E-state index contributed by atoms with van der Waals surface area (Å²) in [6.45, 7) is -0.362. The number of nitrogens with two attached hydrogens (primary N) is 4. The van der Waals surface area contributed by atoms with E-state index in [9.17, 15) is 51.2 Å². The van der Waals surface area contributed by atoms with Crippen molar-refractivity contribution < 1.29 is 79.1 Å². The lowest BCUT2D eigenvalue weighted by atomic mass is 10.2. The van der Waals surface area contributed by atoms with Crippen molar-refractivity contribution >= 4 is 166 Å². The van der Waals surface area contributed by atoms with E-state index in [4.69, 9.17) is 97.2 Å². The van der Waals surface area contributed by atoms with Gasteiger partial charge in [0.25, 0.3) is 50.6 Å². The molecular formula is C46H48Cl4N12O18S5. The summed E-state index contributed by atoms with van der Waals surface area (Å²) in [5.41, 5.74) is 24.7. The Labute approximate surface area is 505 Å². The summed E-state index contributed by atoms with van der Waals surface area (Å²) in [6, 6.07) is 23.0. The molecule has 0 fully saturated rings. The lowest BCUT2D eigenvalue weighted by Gasteiger charge is -2.17. The molecule has 85 heavy (non-hydrogen) atoms. The van der Waals surface area contributed by atoms with E-state index in [0.717, 1.165) is 24.3 Å². The molecule has 39 heteroatoms. The largest absolute Gasteiger partial charge is 0.495 e. The third-order valence-electron chi connectivity index (χ3n) is 10.3. The summed E-state index contributed by atoms with van der Waals surface area (Å²) in [4.78, 5) is 12.2. The average molecular weight is 1360 g/mol. The quantitative estimate of drug-likeness (QED) is 0.0130. The minimum absolute atomic E-state index is 0.00730. The number of aromatic nitrogens is 3. The number of halogens is 4. The minimum Gasteiger partial charge on any atom is -0.495 e. The Morgan fingerprint density at radius 3 is 1.44 bits per heavy atom. The van der Waals surface area contributed by atoms with Gasteiger partial charge < -0.3 is 53.1 Å². The standard InChI is InChI=1S/C33H33Cl3N10O11S3.C7H9NO4S.C6H6ClNO3S/c34-21-14-26(28(16-24(21)38)56-9-1-11-58(47,48)49)40-32-42-31(39-19-5-3-18(37)4-6-19)43-33(44-32)41-27-15-22(35)25(17-29(27)57-10-2-12-59(50,51)52)46-45-20-7-8-30(23(36)13-20)60(53,54)55;1-12-7-3-2-5(4-6(7)8)13(9,10)11;7-5-3-4(8)1-2-6(5)12(9,10)11/h3-8,13-17H,1-2,9-12,37-38H2,(H,47,48,49)(H,50,51,52)(H,53,54,55)(H3,39,40,41,42,43,44);2-4H,8H2,1H3,(H,9,10,11);1-3H,8H2,(H,9,10,11). The Hall–Kier alpha value is -7.36. The predicted molar refractivity (Wildman–Crippen MR) is 319 cm³/mol. The van der Waals surface area contributed by atoms with Gasteiger partial charge in [0, 0.05) is 29.2 Å². The van der Waals surface area contributed by atoms with E-state index in [1.165, 1.54) is 61.7 Å². The van der Waals surface area contributed by atoms with Crippen molar-refractivity contribution in [3.05, 3.63) is 123 Å². The molecule has 16 N–H and O–H groups in total. The zero-order valence-electron chi connectivity index (χ0n) is 43.2. The van der Waals surface area contributed by atoms with Crippen LogP contribution < -0.4 is 53.1 Å². The second-order valence-corrected chi connectivity index (χ2v) is 25.8. The van der Waals surface area contributed by atoms with Gasteiger partial charge in [-0.3, -0.25) is 22.8 Å². The fourth-order valence-corrected chi connectivity index (χ4v) is 10.3. The summed E-state index contributed by atoms with van der Waals surface area (Å²) in [5, 5.41) is 16.9. The van der Waals surface area contributed by atoms with Crippen LogP contribution in [0.5, 0.6) is 17.2 Å². The van der Waals surface area contributed by atoms with Crippen LogP contribution in [0.25, 0.3) is 0 Å². The third kappa shape index (κ3) is 22.2. The molecule has 1 heterocycles. The van der Waals surface area contributed by atoms with Crippen LogP contribution in [0.3, 0.4) is 0 Å². The van der Waals surface area contributed by atoms with Crippen molar-refractivity contribution in [3.63, 3.8) is 0 Å². The summed E-state index contributed by atoms with van der Waals surface area (Å²) in [5.74, 6) is -0.870. The van der Waals surface area contributed by atoms with Crippen LogP contribution in [0.1, 0.15) is 12.8 Å². The molecule has 0 saturated carbocycles. The number of methoxy groups -OCH3 is 1. The monoisotopic (exact) mass is 1360 g/mol. The molecule has 0 unspecified atom stereocenters. The molecular weight excluding hydrogens is 1310 g/mol. The lowest BCUT2D eigenvalue weighted by molar-refractivity contribution is 0.317. The SMILES string of the molecule is COc1ccc(S(=O)(=O)O)cc1N.Nc1ccc(Nc2nc(Nc3cc(Cl)c(N)cc3OCCCS(=O)(=O)O)nc(Nc3cc(Cl)c(N=Nc4ccc(S(=O)(=O)O)c(Cl)c4)cc3OCCCS(=O)(=O)O)n2)cc1.Nc1ccc(S(=O)(=O)O)c(Cl)c1. The highest BCUT2D eigenvalue weighted by Crippen LogP contribution is 2.40. The van der Waals surface area contributed by atoms with Gasteiger partial charge in [-0.2, -0.15) is 62.2 Å². The van der Waals surface area contributed by atoms with Crippen molar-refractivity contribution in [1.29, 1.82) is 0 Å². The van der Waals surface area contributed by atoms with E-state index in [2.05, 4.69) is 41.1 Å². The van der Waals surface area contributed by atoms with Crippen LogP contribution in [-0.2, 0) is 50.6 Å². The number of hydrogen-bond acceptors (Lipinski definition) is 25. The third-order valence-corrected chi connectivity index (χ3v) is 16.0. The first kappa shape index (κ1) is 68.4. The number of benzene rings is 6. The zero-order valence-corrected chi connectivity index (χ0v) is 50.3. The topological polar surface area (TPSA) is 503 Å². The molecule has 0 amide bonds. The zero-order chi connectivity index (χ0) is 63.2. The number of nitrogens with one attached hydrogen (secondary N) is 3. The summed E-state index contributed by atoms with van der Waals surface area (Å²) >= 11 is 24.4. The number of nitrogen functional groups attached to an aromatic ring is 4. The highest BCUT2D eigenvalue weighted by molar-refractivity contribution is 7.86. The molecule has 0 saturated heterocycles. The second kappa shape index (κ2) is 29.2. The molecule has 458 valence electrons. The van der Waals surface area contributed by atoms with Crippen LogP contribution in [0.15, 0.2) is 128 Å². The predicted octanol–water partition coefficient (Wildman–Crippen LogP) is 8.90. The van der Waals surface area contributed by atoms with E-state index >= 15 is 0 Å². The molecule has 0 aliphatic rings. The molecule has 0 radical (unpaired) electrons. The Bertz CT molecular complexity index is 4200. The van der Waals surface area contributed by atoms with Crippen LogP contribution in [0, 0.1) is 0 Å². The first-order valence-corrected chi connectivity index (χ1v) is 32.2. The van der Waals surface area contributed by atoms with Crippen LogP contribution in [0.2, 0.25) is 20.1 Å². The maximum absolute atomic E-state index is 11.5. The Balaban J connectivity index is 0.000000431. The van der Waals surface area contributed by atoms with Gasteiger partial charge in [-0.1, -0.05) is 46.4 Å². The lowest BCUT2D eigenvalue weighted by Crippen LogP contribution is -2.11. The van der Waals surface area contributed by atoms with E-state index in [1.807, 2.05) is 0 Å². The van der Waals surface area contributed by atoms with E-state index in [1.54, 1.807) is 24.3 Å². The van der Waals surface area contributed by atoms with Gasteiger partial charge in [-0.15, -0.1) is 5.11 Å². The van der Waals surface area contributed by atoms with Gasteiger partial charge in [0.05, 0.1) is 85.3 Å². The second-order valence-electron chi connectivity index (χ2n) is 16.8. The molecule has 7 rings (SSSR count). The highest BCUT2D eigenvalue weighted by Gasteiger charge is 2.20. The molecule has 7 aromatic rings. The summed E-state index contributed by atoms with van der Waals surface area (Å²) < 4.78 is 172. The van der Waals surface area contributed by atoms with Crippen LogP contribution in [0.4, 0.5) is 69.0 Å². The van der Waals surface area contributed by atoms with Gasteiger partial charge in [-0.05, 0) is 104 Å². The number of azo groups is 1. The fourth-order valence-electron chi connectivity index (χ4n) is 6.42. The molecule has 0 spiro atoms. The van der Waals surface area contributed by atoms with Crippen LogP contribution >= 0.6 is 46.4 Å². The van der Waals surface area contributed by atoms with Crippen molar-refractivity contribution in [2.75, 3.05) is 70.7 Å². The smallest absolute Gasteiger partial charge is 0.296 e. The molecule has 6 aromatic carbocycles. The number of anilines is 10. The normalized spacial score (nSPS) is 11.8. The average Bonchev–Trinajstić information content (AvgIpc) is 3.60. The Morgan fingerprint density at radius 2 is 0.965 bits per heavy atom. The van der Waals surface area contributed by atoms with Gasteiger partial charge in [0.2, 0.25) is 17.8 Å². The molecule has 30 nitrogen and oxygen atoms in total. The molecule has 0 atom stereocenters. The molecule has 0 aliphatic carbocycles. The van der Waals surface area contributed by atoms with Crippen molar-refractivity contribution in [3.8, 4) is 17.2 Å². The van der Waals surface area contributed by atoms with Gasteiger partial charge in [0.15, 0.2) is 0 Å². The highest BCUT2D eigenvalue weighted by atomic mass is 35.5. The maximum Gasteiger partial charge on any atom is 0.296 e. The van der Waals surface area contributed by atoms with Crippen molar-refractivity contribution in [1.82, 2.24) is 15.0 Å². The first-order chi connectivity index (χ1) is 39.5. The molecule has 0 bridgehead atoms. The summed E-state index contributed by atoms with van der Waals surface area (Å²) in [7, 11) is -20.2. The van der Waals surface area contributed by atoms with E-state index in [-0.39, 0.29) is 119 Å². The van der Waals surface area contributed by atoms with Crippen molar-refractivity contribution in [2.45, 2.75) is 27.5 Å². The van der Waals surface area contributed by atoms with E-state index < -0.39 is 67.0 Å². The van der Waals surface area contributed by atoms with Gasteiger partial charge >= 0.3 is 0 Å². The summed E-state index contributed by atoms with van der Waals surface area (Å²) in [6.07, 6.45) is -0.187. The first-order valence-electron chi connectivity index (χ1n) is 23.1. The Kier molecular flexibility index (Phi) is 23.5. The Morgan fingerprint density at radius 1 is 0.482 bits per heavy atom. The number of ether oxygens (including phenoxy) is 3. The van der Waals surface area contributed by atoms with Gasteiger partial charge in [-0.25, -0.2) is 0 Å². The van der Waals surface area contributed by atoms with Gasteiger partial charge in [0.1, 0.15) is 32.7 Å². The number of rotatable bonds is 22. The molecule has 1 aromatic heterocycles. The van der Waals surface area contributed by atoms with E-state index in [0.29, 0.717) is 22.8 Å².